The minimum absolute atomic E-state index is 0.306. The lowest BCUT2D eigenvalue weighted by molar-refractivity contribution is 0.496. The summed E-state index contributed by atoms with van der Waals surface area (Å²) >= 11 is 6.09. The van der Waals surface area contributed by atoms with Crippen LogP contribution in [0, 0.1) is 6.92 Å². The van der Waals surface area contributed by atoms with Crippen LogP contribution in [-0.2, 0) is 0 Å². The molecular formula is C14H18ClN5. The van der Waals surface area contributed by atoms with Gasteiger partial charge in [0.1, 0.15) is 0 Å². The van der Waals surface area contributed by atoms with Crippen molar-refractivity contribution in [2.75, 3.05) is 18.0 Å². The maximum atomic E-state index is 6.09. The zero-order chi connectivity index (χ0) is 14.1. The van der Waals surface area contributed by atoms with Crippen LogP contribution in [0.3, 0.4) is 0 Å². The molecule has 0 aliphatic carbocycles. The number of benzene rings is 1. The Bertz CT molecular complexity index is 581. The van der Waals surface area contributed by atoms with E-state index in [4.69, 9.17) is 17.3 Å². The van der Waals surface area contributed by atoms with Gasteiger partial charge in [-0.2, -0.15) is 4.98 Å². The van der Waals surface area contributed by atoms with Crippen LogP contribution in [0.1, 0.15) is 18.4 Å². The topological polar surface area (TPSA) is 70.8 Å². The normalized spacial score (nSPS) is 16.6. The molecule has 20 heavy (non-hydrogen) atoms. The van der Waals surface area contributed by atoms with Crippen molar-refractivity contribution in [1.82, 2.24) is 15.2 Å². The number of anilines is 1. The average molecular weight is 292 g/mol. The van der Waals surface area contributed by atoms with Crippen molar-refractivity contribution in [1.29, 1.82) is 0 Å². The van der Waals surface area contributed by atoms with Crippen LogP contribution in [0.2, 0.25) is 5.02 Å². The van der Waals surface area contributed by atoms with E-state index in [0.717, 1.165) is 48.8 Å². The summed E-state index contributed by atoms with van der Waals surface area (Å²) in [6.45, 7) is 3.83. The summed E-state index contributed by atoms with van der Waals surface area (Å²) in [5, 5.41) is 8.01. The molecule has 3 N–H and O–H groups in total. The number of rotatable bonds is 2. The first-order chi connectivity index (χ1) is 9.61. The summed E-state index contributed by atoms with van der Waals surface area (Å²) in [6.07, 6.45) is 1.97. The summed E-state index contributed by atoms with van der Waals surface area (Å²) in [5.74, 6) is 1.49. The number of nitrogens with zero attached hydrogens (tertiary/aromatic N) is 3. The number of piperidine rings is 1. The summed E-state index contributed by atoms with van der Waals surface area (Å²) in [7, 11) is 0. The van der Waals surface area contributed by atoms with Crippen molar-refractivity contribution in [3.63, 3.8) is 0 Å². The predicted octanol–water partition coefficient (Wildman–Crippen LogP) is 2.36. The van der Waals surface area contributed by atoms with Crippen molar-refractivity contribution in [3.05, 3.63) is 28.8 Å². The number of aromatic amines is 1. The molecule has 106 valence electrons. The Labute approximate surface area is 123 Å². The standard InChI is InChI=1S/C14H18ClN5/c1-9-6-10(8-11(15)7-9)13-17-14(19-18-13)20-4-2-12(16)3-5-20/h6-8,12H,2-5,16H2,1H3,(H,17,18,19). The van der Waals surface area contributed by atoms with Crippen LogP contribution in [0.4, 0.5) is 5.95 Å². The highest BCUT2D eigenvalue weighted by Gasteiger charge is 2.19. The Hall–Kier alpha value is -1.59. The lowest BCUT2D eigenvalue weighted by Gasteiger charge is -2.28. The zero-order valence-electron chi connectivity index (χ0n) is 11.4. The van der Waals surface area contributed by atoms with Gasteiger partial charge in [0.25, 0.3) is 0 Å². The quantitative estimate of drug-likeness (QED) is 0.891. The third-order valence-electron chi connectivity index (χ3n) is 3.61. The highest BCUT2D eigenvalue weighted by molar-refractivity contribution is 6.30. The molecule has 2 heterocycles. The maximum Gasteiger partial charge on any atom is 0.245 e. The van der Waals surface area contributed by atoms with Crippen molar-refractivity contribution < 1.29 is 0 Å². The molecule has 1 saturated heterocycles. The fraction of sp³-hybridized carbons (Fsp3) is 0.429. The van der Waals surface area contributed by atoms with Crippen LogP contribution in [-0.4, -0.2) is 34.3 Å². The van der Waals surface area contributed by atoms with Gasteiger partial charge >= 0.3 is 0 Å². The number of halogens is 1. The molecule has 1 aromatic carbocycles. The van der Waals surface area contributed by atoms with E-state index in [0.29, 0.717) is 11.1 Å². The van der Waals surface area contributed by atoms with Gasteiger partial charge in [-0.15, -0.1) is 5.10 Å². The van der Waals surface area contributed by atoms with Crippen molar-refractivity contribution >= 4 is 17.5 Å². The smallest absolute Gasteiger partial charge is 0.245 e. The highest BCUT2D eigenvalue weighted by Crippen LogP contribution is 2.24. The third kappa shape index (κ3) is 2.78. The minimum atomic E-state index is 0.306. The molecular weight excluding hydrogens is 274 g/mol. The number of hydrogen-bond donors (Lipinski definition) is 2. The van der Waals surface area contributed by atoms with Crippen molar-refractivity contribution in [2.45, 2.75) is 25.8 Å². The van der Waals surface area contributed by atoms with E-state index in [1.54, 1.807) is 0 Å². The molecule has 1 aliphatic heterocycles. The van der Waals surface area contributed by atoms with Crippen molar-refractivity contribution in [2.24, 2.45) is 5.73 Å². The third-order valence-corrected chi connectivity index (χ3v) is 3.83. The monoisotopic (exact) mass is 291 g/mol. The van der Waals surface area contributed by atoms with Gasteiger partial charge in [0.2, 0.25) is 5.95 Å². The first-order valence-corrected chi connectivity index (χ1v) is 7.20. The number of nitrogens with two attached hydrogens (primary N) is 1. The molecule has 0 atom stereocenters. The Morgan fingerprint density at radius 3 is 2.75 bits per heavy atom. The number of aromatic nitrogens is 3. The van der Waals surface area contributed by atoms with E-state index in [1.807, 2.05) is 25.1 Å². The first-order valence-electron chi connectivity index (χ1n) is 6.82. The van der Waals surface area contributed by atoms with Crippen LogP contribution >= 0.6 is 11.6 Å². The SMILES string of the molecule is Cc1cc(Cl)cc(-c2nc(N3CCC(N)CC3)n[nH]2)c1. The Morgan fingerprint density at radius 1 is 1.30 bits per heavy atom. The second kappa shape index (κ2) is 5.42. The van der Waals surface area contributed by atoms with Gasteiger partial charge in [0.15, 0.2) is 5.82 Å². The van der Waals surface area contributed by atoms with E-state index < -0.39 is 0 Å². The number of aryl methyl sites for hydroxylation is 1. The molecule has 0 amide bonds. The van der Waals surface area contributed by atoms with E-state index in [-0.39, 0.29) is 0 Å². The molecule has 1 aromatic heterocycles. The summed E-state index contributed by atoms with van der Waals surface area (Å²) < 4.78 is 0. The van der Waals surface area contributed by atoms with E-state index in [9.17, 15) is 0 Å². The van der Waals surface area contributed by atoms with E-state index in [2.05, 4.69) is 20.1 Å². The first kappa shape index (κ1) is 13.4. The lowest BCUT2D eigenvalue weighted by Crippen LogP contribution is -2.40. The molecule has 6 heteroatoms. The number of nitrogens with one attached hydrogen (secondary N) is 1. The van der Waals surface area contributed by atoms with E-state index in [1.165, 1.54) is 0 Å². The molecule has 0 radical (unpaired) electrons. The highest BCUT2D eigenvalue weighted by atomic mass is 35.5. The van der Waals surface area contributed by atoms with Gasteiger partial charge in [-0.05, 0) is 43.5 Å². The van der Waals surface area contributed by atoms with Gasteiger partial charge in [-0.25, -0.2) is 0 Å². The summed E-state index contributed by atoms with van der Waals surface area (Å²) in [5.41, 5.74) is 7.98. The fourth-order valence-electron chi connectivity index (χ4n) is 2.50. The molecule has 0 bridgehead atoms. The fourth-order valence-corrected chi connectivity index (χ4v) is 2.79. The van der Waals surface area contributed by atoms with Gasteiger partial charge < -0.3 is 10.6 Å². The van der Waals surface area contributed by atoms with Gasteiger partial charge in [-0.1, -0.05) is 11.6 Å². The lowest BCUT2D eigenvalue weighted by atomic mass is 10.1. The van der Waals surface area contributed by atoms with E-state index >= 15 is 0 Å². The second-order valence-corrected chi connectivity index (χ2v) is 5.76. The van der Waals surface area contributed by atoms with Gasteiger partial charge in [0, 0.05) is 29.7 Å². The summed E-state index contributed by atoms with van der Waals surface area (Å²) in [6, 6.07) is 6.17. The minimum Gasteiger partial charge on any atom is -0.339 e. The van der Waals surface area contributed by atoms with Crippen molar-refractivity contribution in [3.8, 4) is 11.4 Å². The molecule has 5 nitrogen and oxygen atoms in total. The largest absolute Gasteiger partial charge is 0.339 e. The maximum absolute atomic E-state index is 6.09. The van der Waals surface area contributed by atoms with Crippen LogP contribution < -0.4 is 10.6 Å². The predicted molar refractivity (Wildman–Crippen MR) is 81.0 cm³/mol. The van der Waals surface area contributed by atoms with Gasteiger partial charge in [-0.3, -0.25) is 5.10 Å². The Balaban J connectivity index is 1.83. The van der Waals surface area contributed by atoms with Crippen LogP contribution in [0.15, 0.2) is 18.2 Å². The number of hydrogen-bond acceptors (Lipinski definition) is 4. The Morgan fingerprint density at radius 2 is 2.05 bits per heavy atom. The zero-order valence-corrected chi connectivity index (χ0v) is 12.2. The molecule has 3 rings (SSSR count). The molecule has 0 unspecified atom stereocenters. The van der Waals surface area contributed by atoms with Gasteiger partial charge in [0.05, 0.1) is 0 Å². The number of H-pyrrole nitrogens is 1. The molecule has 1 fully saturated rings. The average Bonchev–Trinajstić information content (AvgIpc) is 2.88. The molecule has 0 spiro atoms. The molecule has 2 aromatic rings. The van der Waals surface area contributed by atoms with Crippen LogP contribution in [0.5, 0.6) is 0 Å². The summed E-state index contributed by atoms with van der Waals surface area (Å²) in [4.78, 5) is 6.74. The Kier molecular flexibility index (Phi) is 3.63. The second-order valence-electron chi connectivity index (χ2n) is 5.33. The molecule has 0 saturated carbocycles. The molecule has 1 aliphatic rings. The van der Waals surface area contributed by atoms with Crippen LogP contribution in [0.25, 0.3) is 11.4 Å².